The van der Waals surface area contributed by atoms with Crippen molar-refractivity contribution in [3.8, 4) is 11.5 Å². The van der Waals surface area contributed by atoms with Gasteiger partial charge in [-0.15, -0.1) is 0 Å². The summed E-state index contributed by atoms with van der Waals surface area (Å²) in [5, 5.41) is 19.6. The van der Waals surface area contributed by atoms with E-state index in [9.17, 15) is 15.0 Å². The van der Waals surface area contributed by atoms with Gasteiger partial charge in [0.05, 0.1) is 10.9 Å². The van der Waals surface area contributed by atoms with Gasteiger partial charge in [-0.1, -0.05) is 0 Å². The van der Waals surface area contributed by atoms with Gasteiger partial charge in [0.15, 0.2) is 5.58 Å². The van der Waals surface area contributed by atoms with Crippen molar-refractivity contribution in [2.24, 2.45) is 0 Å². The van der Waals surface area contributed by atoms with Gasteiger partial charge in [-0.2, -0.15) is 0 Å². The number of rotatable bonds is 0. The van der Waals surface area contributed by atoms with Gasteiger partial charge in [0.2, 0.25) is 0 Å². The molecule has 0 aliphatic heterocycles. The molecule has 0 spiro atoms. The molecule has 5 heteroatoms. The summed E-state index contributed by atoms with van der Waals surface area (Å²) in [6, 6.07) is 0.702. The Morgan fingerprint density at radius 1 is 0.950 bits per heavy atom. The van der Waals surface area contributed by atoms with E-state index in [1.165, 1.54) is 12.1 Å². The minimum absolute atomic E-state index is 0.0308. The Balaban J connectivity index is 2.36. The molecule has 5 nitrogen and oxygen atoms in total. The van der Waals surface area contributed by atoms with E-state index in [4.69, 9.17) is 14.3 Å². The molecule has 0 aliphatic rings. The highest BCUT2D eigenvalue weighted by Gasteiger charge is 2.16. The van der Waals surface area contributed by atoms with E-state index in [-0.39, 0.29) is 45.0 Å². The predicted molar refractivity (Wildman–Crippen MR) is 73.1 cm³/mol. The van der Waals surface area contributed by atoms with E-state index in [1.807, 2.05) is 0 Å². The van der Waals surface area contributed by atoms with Crippen LogP contribution in [0.5, 0.6) is 11.5 Å². The molecular formula is C15H8O5. The van der Waals surface area contributed by atoms with Crippen molar-refractivity contribution in [1.29, 1.82) is 0 Å². The summed E-state index contributed by atoms with van der Waals surface area (Å²) in [7, 11) is 0. The van der Waals surface area contributed by atoms with Gasteiger partial charge >= 0.3 is 5.63 Å². The van der Waals surface area contributed by atoms with E-state index < -0.39 is 29.2 Å². The summed E-state index contributed by atoms with van der Waals surface area (Å²) in [6.45, 7) is 0. The van der Waals surface area contributed by atoms with Crippen LogP contribution in [0.2, 0.25) is 0 Å². The zero-order valence-electron chi connectivity index (χ0n) is 13.8. The fourth-order valence-corrected chi connectivity index (χ4v) is 2.16. The van der Waals surface area contributed by atoms with E-state index in [1.54, 1.807) is 0 Å². The van der Waals surface area contributed by atoms with Crippen molar-refractivity contribution in [3.05, 3.63) is 46.7 Å². The highest BCUT2D eigenvalue weighted by Crippen LogP contribution is 2.33. The standard InChI is InChI=1S/C15H8O5/c16-7-1-3-9-11(5-7)19-14-10-4-2-8(17)6-12(10)20-15(18)13(9)14/h1-6,16-17H/i1D,2D,5D,6D. The zero-order chi connectivity index (χ0) is 17.3. The van der Waals surface area contributed by atoms with Crippen LogP contribution >= 0.6 is 0 Å². The molecule has 4 rings (SSSR count). The summed E-state index contributed by atoms with van der Waals surface area (Å²) < 4.78 is 41.6. The van der Waals surface area contributed by atoms with Gasteiger partial charge in [0.25, 0.3) is 0 Å². The molecule has 98 valence electrons. The summed E-state index contributed by atoms with van der Waals surface area (Å²) in [4.78, 5) is 12.3. The second kappa shape index (κ2) is 3.54. The number of phenols is 2. The van der Waals surface area contributed by atoms with Crippen LogP contribution in [0.4, 0.5) is 0 Å². The highest BCUT2D eigenvalue weighted by molar-refractivity contribution is 6.13. The Morgan fingerprint density at radius 3 is 2.25 bits per heavy atom. The maximum Gasteiger partial charge on any atom is 0.348 e. The fraction of sp³-hybridized carbons (Fsp3) is 0. The van der Waals surface area contributed by atoms with E-state index in [0.717, 1.165) is 0 Å². The van der Waals surface area contributed by atoms with E-state index in [0.29, 0.717) is 0 Å². The van der Waals surface area contributed by atoms with E-state index in [2.05, 4.69) is 0 Å². The van der Waals surface area contributed by atoms with Crippen molar-refractivity contribution in [2.75, 3.05) is 0 Å². The summed E-state index contributed by atoms with van der Waals surface area (Å²) >= 11 is 0. The lowest BCUT2D eigenvalue weighted by Crippen LogP contribution is -1.97. The largest absolute Gasteiger partial charge is 0.508 e. The smallest absolute Gasteiger partial charge is 0.348 e. The molecule has 0 atom stereocenters. The lowest BCUT2D eigenvalue weighted by Gasteiger charge is -1.97. The molecule has 0 aliphatic carbocycles. The maximum absolute atomic E-state index is 12.3. The van der Waals surface area contributed by atoms with Gasteiger partial charge < -0.3 is 19.0 Å². The number of fused-ring (bicyclic) bond motifs is 5. The van der Waals surface area contributed by atoms with Crippen LogP contribution in [0.3, 0.4) is 0 Å². The molecule has 0 bridgehead atoms. The van der Waals surface area contributed by atoms with Crippen LogP contribution in [0, 0.1) is 0 Å². The normalized spacial score (nSPS) is 14.4. The SMILES string of the molecule is [2H]c1cc2c(oc(=O)c3c4cc([2H])c(O)c([2H])c4oc23)c([2H])c1O. The molecule has 4 aromatic rings. The number of phenolic OH excluding ortho intramolecular Hbond substituents is 2. The Morgan fingerprint density at radius 2 is 1.55 bits per heavy atom. The third-order valence-corrected chi connectivity index (χ3v) is 3.00. The number of benzene rings is 2. The van der Waals surface area contributed by atoms with Gasteiger partial charge in [-0.25, -0.2) is 4.79 Å². The Labute approximate surface area is 116 Å². The van der Waals surface area contributed by atoms with Crippen LogP contribution in [-0.2, 0) is 0 Å². The summed E-state index contributed by atoms with van der Waals surface area (Å²) in [5.41, 5.74) is -1.26. The second-order valence-corrected chi connectivity index (χ2v) is 4.21. The van der Waals surface area contributed by atoms with Crippen molar-refractivity contribution in [1.82, 2.24) is 0 Å². The van der Waals surface area contributed by atoms with Gasteiger partial charge in [0.1, 0.15) is 28.1 Å². The molecule has 0 unspecified atom stereocenters. The molecule has 20 heavy (non-hydrogen) atoms. The third-order valence-electron chi connectivity index (χ3n) is 3.00. The first-order chi connectivity index (χ1) is 11.3. The molecule has 2 heterocycles. The fourth-order valence-electron chi connectivity index (χ4n) is 2.16. The van der Waals surface area contributed by atoms with Crippen LogP contribution in [0.1, 0.15) is 5.48 Å². The predicted octanol–water partition coefficient (Wildman–Crippen LogP) is 3.10. The van der Waals surface area contributed by atoms with Crippen molar-refractivity contribution < 1.29 is 24.5 Å². The maximum atomic E-state index is 12.3. The average Bonchev–Trinajstić information content (AvgIpc) is 2.92. The first kappa shape index (κ1) is 7.59. The van der Waals surface area contributed by atoms with Gasteiger partial charge in [0, 0.05) is 17.5 Å². The Kier molecular flexibility index (Phi) is 1.34. The first-order valence-corrected chi connectivity index (χ1v) is 5.62. The lowest BCUT2D eigenvalue weighted by atomic mass is 10.1. The van der Waals surface area contributed by atoms with Crippen LogP contribution < -0.4 is 5.63 Å². The topological polar surface area (TPSA) is 83.8 Å². The molecule has 2 aromatic carbocycles. The van der Waals surface area contributed by atoms with Crippen molar-refractivity contribution in [2.45, 2.75) is 0 Å². The van der Waals surface area contributed by atoms with Crippen LogP contribution in [0.15, 0.2) is 49.9 Å². The van der Waals surface area contributed by atoms with Gasteiger partial charge in [-0.05, 0) is 24.2 Å². The molecule has 0 amide bonds. The lowest BCUT2D eigenvalue weighted by molar-refractivity contribution is 0.473. The first-order valence-electron chi connectivity index (χ1n) is 7.62. The second-order valence-electron chi connectivity index (χ2n) is 4.21. The molecule has 0 saturated heterocycles. The Bertz CT molecular complexity index is 1240. The quantitative estimate of drug-likeness (QED) is 0.480. The Hall–Kier alpha value is -2.95. The van der Waals surface area contributed by atoms with Crippen LogP contribution in [0.25, 0.3) is 32.9 Å². The van der Waals surface area contributed by atoms with Crippen molar-refractivity contribution in [3.63, 3.8) is 0 Å². The van der Waals surface area contributed by atoms with Crippen molar-refractivity contribution >= 4 is 32.9 Å². The molecule has 2 aromatic heterocycles. The third kappa shape index (κ3) is 1.34. The summed E-state index contributed by atoms with van der Waals surface area (Å²) in [5.74, 6) is -1.22. The summed E-state index contributed by atoms with van der Waals surface area (Å²) in [6.07, 6.45) is 0. The van der Waals surface area contributed by atoms with E-state index >= 15 is 0 Å². The molecule has 0 fully saturated rings. The number of furan rings is 1. The highest BCUT2D eigenvalue weighted by atomic mass is 16.4. The zero-order valence-corrected chi connectivity index (χ0v) is 9.77. The minimum Gasteiger partial charge on any atom is -0.508 e. The number of aromatic hydroxyl groups is 2. The monoisotopic (exact) mass is 272 g/mol. The van der Waals surface area contributed by atoms with Crippen LogP contribution in [-0.4, -0.2) is 10.2 Å². The average molecular weight is 272 g/mol. The number of hydrogen-bond acceptors (Lipinski definition) is 5. The molecule has 0 radical (unpaired) electrons. The molecule has 0 saturated carbocycles. The van der Waals surface area contributed by atoms with Gasteiger partial charge in [-0.3, -0.25) is 0 Å². The number of hydrogen-bond donors (Lipinski definition) is 2. The molecule has 2 N–H and O–H groups in total. The minimum atomic E-state index is -0.869. The molecular weight excluding hydrogens is 260 g/mol.